The number of esters is 1. The van der Waals surface area contributed by atoms with Crippen molar-refractivity contribution in [3.63, 3.8) is 0 Å². The SMILES string of the molecule is CCOC(=O)c1cc(OC)nc(OC)n1. The van der Waals surface area contributed by atoms with E-state index < -0.39 is 5.97 Å². The lowest BCUT2D eigenvalue weighted by molar-refractivity contribution is 0.0517. The van der Waals surface area contributed by atoms with Crippen LogP contribution in [-0.4, -0.2) is 36.8 Å². The fourth-order valence-corrected chi connectivity index (χ4v) is 0.909. The van der Waals surface area contributed by atoms with Crippen molar-refractivity contribution in [3.8, 4) is 11.9 Å². The first-order valence-electron chi connectivity index (χ1n) is 4.35. The van der Waals surface area contributed by atoms with Gasteiger partial charge in [-0.05, 0) is 6.92 Å². The van der Waals surface area contributed by atoms with E-state index in [1.807, 2.05) is 0 Å². The van der Waals surface area contributed by atoms with Gasteiger partial charge < -0.3 is 14.2 Å². The fraction of sp³-hybridized carbons (Fsp3) is 0.444. The highest BCUT2D eigenvalue weighted by Crippen LogP contribution is 2.13. The van der Waals surface area contributed by atoms with E-state index in [9.17, 15) is 4.79 Å². The maximum Gasteiger partial charge on any atom is 0.357 e. The summed E-state index contributed by atoms with van der Waals surface area (Å²) in [6.45, 7) is 2.00. The molecule has 1 aromatic heterocycles. The molecule has 0 amide bonds. The monoisotopic (exact) mass is 212 g/mol. The summed E-state index contributed by atoms with van der Waals surface area (Å²) in [6, 6.07) is 1.46. The Morgan fingerprint density at radius 2 is 2.07 bits per heavy atom. The van der Waals surface area contributed by atoms with Gasteiger partial charge in [0.1, 0.15) is 0 Å². The van der Waals surface area contributed by atoms with E-state index in [0.717, 1.165) is 0 Å². The summed E-state index contributed by atoms with van der Waals surface area (Å²) in [6.07, 6.45) is 0. The van der Waals surface area contributed by atoms with Crippen molar-refractivity contribution in [2.45, 2.75) is 6.92 Å². The molecule has 0 saturated heterocycles. The van der Waals surface area contributed by atoms with Crippen LogP contribution in [0.5, 0.6) is 11.9 Å². The van der Waals surface area contributed by atoms with Gasteiger partial charge in [0, 0.05) is 6.07 Å². The van der Waals surface area contributed by atoms with Crippen molar-refractivity contribution in [3.05, 3.63) is 11.8 Å². The lowest BCUT2D eigenvalue weighted by Gasteiger charge is -2.05. The van der Waals surface area contributed by atoms with Gasteiger partial charge in [0.2, 0.25) is 5.88 Å². The minimum atomic E-state index is -0.531. The summed E-state index contributed by atoms with van der Waals surface area (Å²) >= 11 is 0. The molecule has 0 aromatic carbocycles. The highest BCUT2D eigenvalue weighted by atomic mass is 16.5. The number of hydrogen-bond acceptors (Lipinski definition) is 6. The van der Waals surface area contributed by atoms with Crippen LogP contribution in [0.3, 0.4) is 0 Å². The summed E-state index contributed by atoms with van der Waals surface area (Å²) in [5.41, 5.74) is 0.112. The Hall–Kier alpha value is -1.85. The second kappa shape index (κ2) is 5.14. The van der Waals surface area contributed by atoms with Crippen LogP contribution in [-0.2, 0) is 4.74 Å². The van der Waals surface area contributed by atoms with Gasteiger partial charge in [0.25, 0.3) is 0 Å². The van der Waals surface area contributed by atoms with Crippen LogP contribution in [0.1, 0.15) is 17.4 Å². The molecule has 0 radical (unpaired) electrons. The summed E-state index contributed by atoms with van der Waals surface area (Å²) in [7, 11) is 2.85. The smallest absolute Gasteiger partial charge is 0.357 e. The molecule has 0 N–H and O–H groups in total. The first kappa shape index (κ1) is 11.2. The quantitative estimate of drug-likeness (QED) is 0.683. The molecular formula is C9H12N2O4. The number of aromatic nitrogens is 2. The summed E-state index contributed by atoms with van der Waals surface area (Å²) in [5.74, 6) is -0.276. The van der Waals surface area contributed by atoms with E-state index in [0.29, 0.717) is 0 Å². The molecule has 6 heteroatoms. The molecule has 0 aliphatic heterocycles. The third kappa shape index (κ3) is 2.80. The van der Waals surface area contributed by atoms with Gasteiger partial charge in [-0.15, -0.1) is 0 Å². The summed E-state index contributed by atoms with van der Waals surface area (Å²) in [5, 5.41) is 0. The summed E-state index contributed by atoms with van der Waals surface area (Å²) < 4.78 is 14.5. The Morgan fingerprint density at radius 3 is 2.60 bits per heavy atom. The van der Waals surface area contributed by atoms with Gasteiger partial charge in [-0.25, -0.2) is 4.79 Å². The zero-order chi connectivity index (χ0) is 11.3. The normalized spacial score (nSPS) is 9.53. The number of rotatable bonds is 4. The second-order valence-electron chi connectivity index (χ2n) is 2.50. The average molecular weight is 212 g/mol. The van der Waals surface area contributed by atoms with Gasteiger partial charge in [0.15, 0.2) is 5.69 Å². The van der Waals surface area contributed by atoms with Crippen molar-refractivity contribution in [1.82, 2.24) is 9.97 Å². The largest absolute Gasteiger partial charge is 0.481 e. The van der Waals surface area contributed by atoms with Crippen molar-refractivity contribution in [1.29, 1.82) is 0 Å². The highest BCUT2D eigenvalue weighted by Gasteiger charge is 2.13. The molecule has 0 aliphatic carbocycles. The number of carbonyl (C=O) groups is 1. The third-order valence-electron chi connectivity index (χ3n) is 1.56. The molecular weight excluding hydrogens is 200 g/mol. The number of carbonyl (C=O) groups excluding carboxylic acids is 1. The number of nitrogens with zero attached hydrogens (tertiary/aromatic N) is 2. The van der Waals surface area contributed by atoms with Crippen LogP contribution >= 0.6 is 0 Å². The molecule has 1 aromatic rings. The molecule has 0 unspecified atom stereocenters. The Balaban J connectivity index is 3.01. The number of methoxy groups -OCH3 is 2. The molecule has 1 heterocycles. The van der Waals surface area contributed by atoms with E-state index in [1.54, 1.807) is 6.92 Å². The van der Waals surface area contributed by atoms with Crippen LogP contribution in [0.2, 0.25) is 0 Å². The highest BCUT2D eigenvalue weighted by molar-refractivity contribution is 5.87. The molecule has 6 nitrogen and oxygen atoms in total. The Labute approximate surface area is 87.2 Å². The number of ether oxygens (including phenoxy) is 3. The van der Waals surface area contributed by atoms with Crippen molar-refractivity contribution >= 4 is 5.97 Å². The molecule has 0 spiro atoms. The second-order valence-corrected chi connectivity index (χ2v) is 2.50. The zero-order valence-corrected chi connectivity index (χ0v) is 8.81. The van der Waals surface area contributed by atoms with Gasteiger partial charge in [-0.1, -0.05) is 0 Å². The summed E-state index contributed by atoms with van der Waals surface area (Å²) in [4.78, 5) is 19.0. The molecule has 0 saturated carbocycles. The van der Waals surface area contributed by atoms with Crippen LogP contribution in [0, 0.1) is 0 Å². The maximum absolute atomic E-state index is 11.4. The lowest BCUT2D eigenvalue weighted by atomic mass is 10.4. The molecule has 0 fully saturated rings. The van der Waals surface area contributed by atoms with Crippen LogP contribution in [0.15, 0.2) is 6.07 Å². The van der Waals surface area contributed by atoms with E-state index in [2.05, 4.69) is 9.97 Å². The molecule has 1 rings (SSSR count). The van der Waals surface area contributed by atoms with Crippen molar-refractivity contribution < 1.29 is 19.0 Å². The van der Waals surface area contributed by atoms with Gasteiger partial charge in [0.05, 0.1) is 20.8 Å². The first-order chi connectivity index (χ1) is 7.21. The Kier molecular flexibility index (Phi) is 3.84. The van der Waals surface area contributed by atoms with Crippen LogP contribution < -0.4 is 9.47 Å². The Bertz CT molecular complexity index is 332. The van der Waals surface area contributed by atoms with E-state index in [1.165, 1.54) is 20.3 Å². The fourth-order valence-electron chi connectivity index (χ4n) is 0.909. The van der Waals surface area contributed by atoms with Gasteiger partial charge in [-0.2, -0.15) is 9.97 Å². The minimum absolute atomic E-state index is 0.0670. The molecule has 15 heavy (non-hydrogen) atoms. The predicted octanol–water partition coefficient (Wildman–Crippen LogP) is 0.670. The minimum Gasteiger partial charge on any atom is -0.481 e. The molecule has 0 atom stereocenters. The van der Waals surface area contributed by atoms with Crippen LogP contribution in [0.25, 0.3) is 0 Å². The number of hydrogen-bond donors (Lipinski definition) is 0. The molecule has 0 aliphatic rings. The van der Waals surface area contributed by atoms with E-state index >= 15 is 0 Å². The Morgan fingerprint density at radius 1 is 1.33 bits per heavy atom. The van der Waals surface area contributed by atoms with E-state index in [-0.39, 0.29) is 24.2 Å². The standard InChI is InChI=1S/C9H12N2O4/c1-4-15-8(12)6-5-7(13-2)11-9(10-6)14-3/h5H,4H2,1-3H3. The zero-order valence-electron chi connectivity index (χ0n) is 8.81. The average Bonchev–Trinajstić information content (AvgIpc) is 2.28. The van der Waals surface area contributed by atoms with Crippen molar-refractivity contribution in [2.24, 2.45) is 0 Å². The predicted molar refractivity (Wildman–Crippen MR) is 51.1 cm³/mol. The lowest BCUT2D eigenvalue weighted by Crippen LogP contribution is -2.09. The topological polar surface area (TPSA) is 70.5 Å². The van der Waals surface area contributed by atoms with Crippen molar-refractivity contribution in [2.75, 3.05) is 20.8 Å². The maximum atomic E-state index is 11.4. The van der Waals surface area contributed by atoms with E-state index in [4.69, 9.17) is 14.2 Å². The first-order valence-corrected chi connectivity index (χ1v) is 4.35. The van der Waals surface area contributed by atoms with Gasteiger partial charge >= 0.3 is 12.0 Å². The van der Waals surface area contributed by atoms with Gasteiger partial charge in [-0.3, -0.25) is 0 Å². The molecule has 0 bridgehead atoms. The molecule has 82 valence electrons. The third-order valence-corrected chi connectivity index (χ3v) is 1.56. The van der Waals surface area contributed by atoms with Crippen LogP contribution in [0.4, 0.5) is 0 Å².